The molecule has 0 fully saturated rings. The smallest absolute Gasteiger partial charge is 0.0862 e. The maximum Gasteiger partial charge on any atom is 0.0862 e. The molecule has 1 aromatic heterocycles. The van der Waals surface area contributed by atoms with Gasteiger partial charge in [0.05, 0.1) is 11.4 Å². The number of hydrogen-bond acceptors (Lipinski definition) is 3. The summed E-state index contributed by atoms with van der Waals surface area (Å²) in [6, 6.07) is 0. The molecule has 0 aliphatic heterocycles. The van der Waals surface area contributed by atoms with Gasteiger partial charge in [-0.05, 0) is 31.7 Å². The number of nitrogens with two attached hydrogens (primary N) is 1. The van der Waals surface area contributed by atoms with Crippen molar-refractivity contribution in [1.29, 1.82) is 0 Å². The van der Waals surface area contributed by atoms with Gasteiger partial charge in [0.2, 0.25) is 0 Å². The first kappa shape index (κ1) is 7.73. The molecular weight excluding hydrogens is 152 g/mol. The molecule has 0 aromatic carbocycles. The molecule has 2 N–H and O–H groups in total. The molecule has 1 unspecified atom stereocenters. The third-order valence-corrected chi connectivity index (χ3v) is 2.47. The summed E-state index contributed by atoms with van der Waals surface area (Å²) in [5, 5.41) is 8.58. The normalized spacial score (nSPS) is 22.3. The second kappa shape index (κ2) is 2.86. The van der Waals surface area contributed by atoms with Crippen LogP contribution in [0.15, 0.2) is 0 Å². The van der Waals surface area contributed by atoms with Gasteiger partial charge in [0.25, 0.3) is 0 Å². The summed E-state index contributed by atoms with van der Waals surface area (Å²) < 4.78 is 0. The summed E-state index contributed by atoms with van der Waals surface area (Å²) in [6.07, 6.45) is 3.23. The van der Waals surface area contributed by atoms with Crippen LogP contribution in [0.1, 0.15) is 17.8 Å². The first-order valence-electron chi connectivity index (χ1n) is 4.38. The fraction of sp³-hybridized carbons (Fsp3) is 0.750. The number of fused-ring (bicyclic) bond motifs is 1. The molecule has 2 rings (SSSR count). The van der Waals surface area contributed by atoms with Crippen LogP contribution in [0.2, 0.25) is 0 Å². The Labute approximate surface area is 71.8 Å². The summed E-state index contributed by atoms with van der Waals surface area (Å²) in [7, 11) is 1.87. The monoisotopic (exact) mass is 166 g/mol. The zero-order chi connectivity index (χ0) is 8.55. The summed E-state index contributed by atoms with van der Waals surface area (Å²) in [6.45, 7) is 0.774. The maximum atomic E-state index is 5.61. The molecule has 0 saturated heterocycles. The van der Waals surface area contributed by atoms with Crippen molar-refractivity contribution in [3.05, 3.63) is 11.4 Å². The summed E-state index contributed by atoms with van der Waals surface area (Å²) in [5.74, 6) is 0.620. The van der Waals surface area contributed by atoms with E-state index in [0.717, 1.165) is 25.1 Å². The molecule has 12 heavy (non-hydrogen) atoms. The average Bonchev–Trinajstić information content (AvgIpc) is 2.43. The Morgan fingerprint density at radius 1 is 1.50 bits per heavy atom. The molecule has 0 saturated carbocycles. The highest BCUT2D eigenvalue weighted by atomic mass is 15.5. The maximum absolute atomic E-state index is 5.61. The second-order valence-electron chi connectivity index (χ2n) is 3.43. The molecule has 1 aromatic rings. The van der Waals surface area contributed by atoms with Gasteiger partial charge in [0.1, 0.15) is 0 Å². The van der Waals surface area contributed by atoms with Crippen LogP contribution < -0.4 is 5.73 Å². The van der Waals surface area contributed by atoms with E-state index in [-0.39, 0.29) is 0 Å². The topological polar surface area (TPSA) is 56.7 Å². The van der Waals surface area contributed by atoms with Gasteiger partial charge in [-0.15, -0.1) is 0 Å². The third kappa shape index (κ3) is 1.22. The van der Waals surface area contributed by atoms with Crippen molar-refractivity contribution in [1.82, 2.24) is 15.0 Å². The second-order valence-corrected chi connectivity index (χ2v) is 3.43. The largest absolute Gasteiger partial charge is 0.330 e. The Bertz CT molecular complexity index is 279. The molecule has 0 bridgehead atoms. The quantitative estimate of drug-likeness (QED) is 0.632. The number of aryl methyl sites for hydroxylation is 2. The predicted octanol–water partition coefficient (Wildman–Crippen LogP) is -0.121. The van der Waals surface area contributed by atoms with Gasteiger partial charge < -0.3 is 5.73 Å². The Balaban J connectivity index is 2.22. The van der Waals surface area contributed by atoms with Crippen LogP contribution in [-0.2, 0) is 19.9 Å². The van der Waals surface area contributed by atoms with Crippen molar-refractivity contribution >= 4 is 0 Å². The van der Waals surface area contributed by atoms with Crippen LogP contribution in [0.5, 0.6) is 0 Å². The zero-order valence-electron chi connectivity index (χ0n) is 7.32. The molecule has 1 atom stereocenters. The van der Waals surface area contributed by atoms with Gasteiger partial charge >= 0.3 is 0 Å². The van der Waals surface area contributed by atoms with Crippen molar-refractivity contribution in [2.24, 2.45) is 18.7 Å². The highest BCUT2D eigenvalue weighted by molar-refractivity contribution is 5.13. The van der Waals surface area contributed by atoms with Gasteiger partial charge in [-0.25, -0.2) is 0 Å². The highest BCUT2D eigenvalue weighted by Gasteiger charge is 2.21. The molecule has 1 aliphatic rings. The minimum Gasteiger partial charge on any atom is -0.330 e. The average molecular weight is 166 g/mol. The molecule has 4 nitrogen and oxygen atoms in total. The van der Waals surface area contributed by atoms with Gasteiger partial charge in [-0.2, -0.15) is 15.0 Å². The fourth-order valence-corrected chi connectivity index (χ4v) is 1.76. The third-order valence-electron chi connectivity index (χ3n) is 2.47. The first-order valence-corrected chi connectivity index (χ1v) is 4.38. The molecule has 0 amide bonds. The van der Waals surface area contributed by atoms with Crippen molar-refractivity contribution in [3.63, 3.8) is 0 Å². The molecule has 4 heteroatoms. The minimum absolute atomic E-state index is 0.620. The van der Waals surface area contributed by atoms with E-state index >= 15 is 0 Å². The van der Waals surface area contributed by atoms with Crippen LogP contribution in [0.25, 0.3) is 0 Å². The van der Waals surface area contributed by atoms with E-state index in [1.165, 1.54) is 12.1 Å². The van der Waals surface area contributed by atoms with Crippen molar-refractivity contribution in [2.75, 3.05) is 6.54 Å². The van der Waals surface area contributed by atoms with Crippen molar-refractivity contribution < 1.29 is 0 Å². The zero-order valence-corrected chi connectivity index (χ0v) is 7.32. The standard InChI is InChI=1S/C8H14N4/c1-12-10-7-3-2-6(5-9)4-8(7)11-12/h6H,2-5,9H2,1H3. The van der Waals surface area contributed by atoms with Crippen LogP contribution in [0.3, 0.4) is 0 Å². The molecule has 0 radical (unpaired) electrons. The Morgan fingerprint density at radius 3 is 3.00 bits per heavy atom. The number of rotatable bonds is 1. The molecule has 1 aliphatic carbocycles. The summed E-state index contributed by atoms with van der Waals surface area (Å²) in [4.78, 5) is 1.66. The van der Waals surface area contributed by atoms with E-state index in [4.69, 9.17) is 5.73 Å². The molecule has 0 spiro atoms. The van der Waals surface area contributed by atoms with Crippen LogP contribution in [-0.4, -0.2) is 21.5 Å². The SMILES string of the molecule is Cn1nc2c(n1)CC(CN)CC2. The van der Waals surface area contributed by atoms with Gasteiger partial charge in [0.15, 0.2) is 0 Å². The lowest BCUT2D eigenvalue weighted by molar-refractivity contribution is 0.461. The van der Waals surface area contributed by atoms with E-state index < -0.39 is 0 Å². The predicted molar refractivity (Wildman–Crippen MR) is 45.6 cm³/mol. The lowest BCUT2D eigenvalue weighted by Crippen LogP contribution is -2.22. The van der Waals surface area contributed by atoms with Crippen LogP contribution in [0.4, 0.5) is 0 Å². The van der Waals surface area contributed by atoms with Crippen LogP contribution >= 0.6 is 0 Å². The molecule has 1 heterocycles. The van der Waals surface area contributed by atoms with Crippen LogP contribution in [0, 0.1) is 5.92 Å². The van der Waals surface area contributed by atoms with Crippen molar-refractivity contribution in [3.8, 4) is 0 Å². The van der Waals surface area contributed by atoms with E-state index in [1.54, 1.807) is 4.80 Å². The Kier molecular flexibility index (Phi) is 1.84. The molecular formula is C8H14N4. The van der Waals surface area contributed by atoms with E-state index in [0.29, 0.717) is 5.92 Å². The number of aromatic nitrogens is 3. The molecule has 66 valence electrons. The summed E-state index contributed by atoms with van der Waals surface area (Å²) in [5.41, 5.74) is 7.93. The Hall–Kier alpha value is -0.900. The van der Waals surface area contributed by atoms with E-state index in [9.17, 15) is 0 Å². The van der Waals surface area contributed by atoms with Gasteiger partial charge in [0, 0.05) is 7.05 Å². The number of nitrogens with zero attached hydrogens (tertiary/aromatic N) is 3. The van der Waals surface area contributed by atoms with Gasteiger partial charge in [-0.1, -0.05) is 0 Å². The Morgan fingerprint density at radius 2 is 2.25 bits per heavy atom. The highest BCUT2D eigenvalue weighted by Crippen LogP contribution is 2.21. The fourth-order valence-electron chi connectivity index (χ4n) is 1.76. The summed E-state index contributed by atoms with van der Waals surface area (Å²) >= 11 is 0. The minimum atomic E-state index is 0.620. The van der Waals surface area contributed by atoms with Crippen molar-refractivity contribution in [2.45, 2.75) is 19.3 Å². The van der Waals surface area contributed by atoms with Gasteiger partial charge in [-0.3, -0.25) is 0 Å². The lowest BCUT2D eigenvalue weighted by atomic mass is 9.90. The first-order chi connectivity index (χ1) is 5.79. The lowest BCUT2D eigenvalue weighted by Gasteiger charge is -2.17. The van der Waals surface area contributed by atoms with E-state index in [2.05, 4.69) is 10.2 Å². The van der Waals surface area contributed by atoms with E-state index in [1.807, 2.05) is 7.05 Å². The number of hydrogen-bond donors (Lipinski definition) is 1.